The van der Waals surface area contributed by atoms with Crippen LogP contribution in [0.2, 0.25) is 0 Å². The Bertz CT molecular complexity index is 397. The van der Waals surface area contributed by atoms with Crippen molar-refractivity contribution >= 4 is 5.78 Å². The van der Waals surface area contributed by atoms with Gasteiger partial charge in [0.05, 0.1) is 0 Å². The first-order chi connectivity index (χ1) is 6.58. The molecule has 0 aromatic heterocycles. The van der Waals surface area contributed by atoms with Gasteiger partial charge in [-0.25, -0.2) is 0 Å². The fraction of sp³-hybridized carbons (Fsp3) is 0.462. The van der Waals surface area contributed by atoms with Crippen LogP contribution in [-0.2, 0) is 4.79 Å². The summed E-state index contributed by atoms with van der Waals surface area (Å²) in [4.78, 5) is 11.5. The maximum Gasteiger partial charge on any atom is 0.163 e. The summed E-state index contributed by atoms with van der Waals surface area (Å²) in [6, 6.07) is 0. The van der Waals surface area contributed by atoms with E-state index in [9.17, 15) is 4.79 Å². The molecule has 14 heavy (non-hydrogen) atoms. The Hall–Kier alpha value is -1.29. The van der Waals surface area contributed by atoms with Crippen LogP contribution in [0.25, 0.3) is 0 Å². The summed E-state index contributed by atoms with van der Waals surface area (Å²) in [5.74, 6) is 6.58. The number of hydrogen-bond acceptors (Lipinski definition) is 1. The number of rotatable bonds is 0. The van der Waals surface area contributed by atoms with E-state index in [1.807, 2.05) is 6.08 Å². The molecule has 0 aromatic carbocycles. The highest BCUT2D eigenvalue weighted by molar-refractivity contribution is 6.02. The summed E-state index contributed by atoms with van der Waals surface area (Å²) in [7, 11) is 0. The van der Waals surface area contributed by atoms with Crippen molar-refractivity contribution < 1.29 is 4.79 Å². The molecule has 72 valence electrons. The second-order valence-corrected chi connectivity index (χ2v) is 4.44. The molecule has 0 unspecified atom stereocenters. The molecule has 0 bridgehead atoms. The molecule has 2 aliphatic carbocycles. The quantitative estimate of drug-likeness (QED) is 0.531. The lowest BCUT2D eigenvalue weighted by atomic mass is 9.88. The molecular weight excluding hydrogens is 172 g/mol. The lowest BCUT2D eigenvalue weighted by Crippen LogP contribution is -2.06. The Morgan fingerprint density at radius 1 is 1.36 bits per heavy atom. The second kappa shape index (κ2) is 3.13. The van der Waals surface area contributed by atoms with Crippen LogP contribution in [0.1, 0.15) is 33.1 Å². The molecule has 0 N–H and O–H groups in total. The highest BCUT2D eigenvalue weighted by atomic mass is 16.1. The zero-order valence-corrected chi connectivity index (χ0v) is 8.68. The molecule has 1 heteroatoms. The Kier molecular flexibility index (Phi) is 2.07. The number of carbonyl (C=O) groups excluding carboxylic acids is 1. The van der Waals surface area contributed by atoms with Gasteiger partial charge in [0.15, 0.2) is 5.78 Å². The minimum atomic E-state index is -0.0839. The van der Waals surface area contributed by atoms with E-state index in [1.165, 1.54) is 5.57 Å². The zero-order chi connectivity index (χ0) is 10.2. The van der Waals surface area contributed by atoms with Gasteiger partial charge in [0.1, 0.15) is 0 Å². The first-order valence-electron chi connectivity index (χ1n) is 5.04. The molecule has 0 amide bonds. The smallest absolute Gasteiger partial charge is 0.163 e. The Morgan fingerprint density at radius 3 is 2.93 bits per heavy atom. The first-order valence-corrected chi connectivity index (χ1v) is 5.04. The third-order valence-corrected chi connectivity index (χ3v) is 2.62. The normalized spacial score (nSPS) is 31.1. The standard InChI is InChI=1S/C13H14O/c1-13(2)8-4-3-5-11-10(9-13)6-7-12(11)14/h5,9H,3,6-7H2,1-2H3/b10-9-,11-5+. The molecule has 0 aliphatic heterocycles. The van der Waals surface area contributed by atoms with Crippen LogP contribution in [0.4, 0.5) is 0 Å². The van der Waals surface area contributed by atoms with E-state index in [0.29, 0.717) is 12.8 Å². The monoisotopic (exact) mass is 186 g/mol. The van der Waals surface area contributed by atoms with E-state index in [0.717, 1.165) is 12.0 Å². The topological polar surface area (TPSA) is 17.1 Å². The highest BCUT2D eigenvalue weighted by Crippen LogP contribution is 2.32. The van der Waals surface area contributed by atoms with Crippen LogP contribution in [0.15, 0.2) is 23.3 Å². The summed E-state index contributed by atoms with van der Waals surface area (Å²) in [6.07, 6.45) is 6.41. The molecule has 2 rings (SSSR count). The minimum absolute atomic E-state index is 0.0839. The second-order valence-electron chi connectivity index (χ2n) is 4.44. The molecule has 0 heterocycles. The molecule has 0 atom stereocenters. The van der Waals surface area contributed by atoms with Gasteiger partial charge in [0.25, 0.3) is 0 Å². The van der Waals surface area contributed by atoms with E-state index < -0.39 is 0 Å². The van der Waals surface area contributed by atoms with Crippen molar-refractivity contribution in [1.82, 2.24) is 0 Å². The van der Waals surface area contributed by atoms with Crippen LogP contribution in [0.5, 0.6) is 0 Å². The summed E-state index contributed by atoms with van der Waals surface area (Å²) < 4.78 is 0. The molecule has 0 aromatic rings. The molecule has 0 radical (unpaired) electrons. The zero-order valence-electron chi connectivity index (χ0n) is 8.68. The predicted octanol–water partition coefficient (Wildman–Crippen LogP) is 2.64. The number of fused-ring (bicyclic) bond motifs is 1. The van der Waals surface area contributed by atoms with Gasteiger partial charge in [0, 0.05) is 23.8 Å². The van der Waals surface area contributed by atoms with Gasteiger partial charge in [-0.05, 0) is 25.8 Å². The first kappa shape index (κ1) is 9.27. The SMILES string of the molecule is CC1(C)C#CC/C=C2/C(=O)CC/C2=C/1. The van der Waals surface area contributed by atoms with Crippen LogP contribution in [0, 0.1) is 17.3 Å². The maximum atomic E-state index is 11.5. The average Bonchev–Trinajstić information content (AvgIpc) is 2.38. The fourth-order valence-corrected chi connectivity index (χ4v) is 2.00. The van der Waals surface area contributed by atoms with Crippen molar-refractivity contribution in [1.29, 1.82) is 0 Å². The van der Waals surface area contributed by atoms with Gasteiger partial charge < -0.3 is 0 Å². The summed E-state index contributed by atoms with van der Waals surface area (Å²) in [5, 5.41) is 0. The lowest BCUT2D eigenvalue weighted by Gasteiger charge is -2.15. The Balaban J connectivity index is 2.47. The van der Waals surface area contributed by atoms with Gasteiger partial charge in [-0.2, -0.15) is 0 Å². The van der Waals surface area contributed by atoms with Crippen LogP contribution in [-0.4, -0.2) is 5.78 Å². The van der Waals surface area contributed by atoms with E-state index in [4.69, 9.17) is 0 Å². The van der Waals surface area contributed by atoms with Crippen molar-refractivity contribution in [2.24, 2.45) is 5.41 Å². The van der Waals surface area contributed by atoms with Crippen molar-refractivity contribution in [3.8, 4) is 11.8 Å². The van der Waals surface area contributed by atoms with Crippen molar-refractivity contribution in [2.75, 3.05) is 0 Å². The van der Waals surface area contributed by atoms with Crippen molar-refractivity contribution in [3.63, 3.8) is 0 Å². The molecule has 0 spiro atoms. The Morgan fingerprint density at radius 2 is 2.14 bits per heavy atom. The largest absolute Gasteiger partial charge is 0.294 e. The van der Waals surface area contributed by atoms with Gasteiger partial charge in [-0.15, -0.1) is 0 Å². The van der Waals surface area contributed by atoms with E-state index in [2.05, 4.69) is 31.8 Å². The molecule has 1 nitrogen and oxygen atoms in total. The third-order valence-electron chi connectivity index (χ3n) is 2.62. The fourth-order valence-electron chi connectivity index (χ4n) is 2.00. The predicted molar refractivity (Wildman–Crippen MR) is 56.6 cm³/mol. The molecular formula is C13H14O. The molecule has 0 saturated heterocycles. The third kappa shape index (κ3) is 1.65. The number of hydrogen-bond donors (Lipinski definition) is 0. The molecule has 2 aliphatic rings. The maximum absolute atomic E-state index is 11.5. The van der Waals surface area contributed by atoms with Crippen LogP contribution in [0.3, 0.4) is 0 Å². The number of carbonyl (C=O) groups is 1. The van der Waals surface area contributed by atoms with E-state index in [1.54, 1.807) is 0 Å². The number of ketones is 1. The number of Topliss-reactive ketones (excluding diaryl/α,β-unsaturated/α-hetero) is 1. The van der Waals surface area contributed by atoms with Crippen molar-refractivity contribution in [2.45, 2.75) is 33.1 Å². The summed E-state index contributed by atoms with van der Waals surface area (Å²) in [6.45, 7) is 4.19. The molecule has 1 saturated carbocycles. The van der Waals surface area contributed by atoms with Crippen LogP contribution < -0.4 is 0 Å². The lowest BCUT2D eigenvalue weighted by molar-refractivity contribution is -0.114. The molecule has 1 fully saturated rings. The Labute approximate surface area is 84.9 Å². The van der Waals surface area contributed by atoms with Gasteiger partial charge in [-0.1, -0.05) is 24.0 Å². The van der Waals surface area contributed by atoms with E-state index in [-0.39, 0.29) is 11.2 Å². The van der Waals surface area contributed by atoms with E-state index >= 15 is 0 Å². The van der Waals surface area contributed by atoms with Crippen LogP contribution >= 0.6 is 0 Å². The highest BCUT2D eigenvalue weighted by Gasteiger charge is 2.25. The van der Waals surface area contributed by atoms with Gasteiger partial charge in [0.2, 0.25) is 0 Å². The van der Waals surface area contributed by atoms with Crippen molar-refractivity contribution in [3.05, 3.63) is 23.3 Å². The summed E-state index contributed by atoms with van der Waals surface area (Å²) in [5.41, 5.74) is 2.04. The minimum Gasteiger partial charge on any atom is -0.294 e. The van der Waals surface area contributed by atoms with Gasteiger partial charge >= 0.3 is 0 Å². The average molecular weight is 186 g/mol. The van der Waals surface area contributed by atoms with Gasteiger partial charge in [-0.3, -0.25) is 4.79 Å². The summed E-state index contributed by atoms with van der Waals surface area (Å²) >= 11 is 0. The number of allylic oxidation sites excluding steroid dienone is 4.